The molecule has 1 aromatic rings. The zero-order valence-corrected chi connectivity index (χ0v) is 11.6. The molecule has 0 saturated heterocycles. The Morgan fingerprint density at radius 3 is 3.06 bits per heavy atom. The standard InChI is InChI=1S/C12H13BrClN3/c1-2-5-17-11(7-16-12(17)15)8-3-4-10(14)9(13)6-8/h2-4,6,11H,1,5,7H2,(H2,15,16). The Hall–Kier alpha value is -1.000. The molecule has 0 fully saturated rings. The molecule has 0 saturated carbocycles. The maximum Gasteiger partial charge on any atom is 0.192 e. The summed E-state index contributed by atoms with van der Waals surface area (Å²) in [7, 11) is 0. The molecule has 0 amide bonds. The van der Waals surface area contributed by atoms with Crippen LogP contribution in [0.2, 0.25) is 5.02 Å². The second-order valence-corrected chi connectivity index (χ2v) is 5.09. The van der Waals surface area contributed by atoms with E-state index in [0.717, 1.165) is 10.0 Å². The van der Waals surface area contributed by atoms with Gasteiger partial charge in [0.2, 0.25) is 0 Å². The molecular weight excluding hydrogens is 302 g/mol. The van der Waals surface area contributed by atoms with Gasteiger partial charge in [0.25, 0.3) is 0 Å². The van der Waals surface area contributed by atoms with E-state index in [-0.39, 0.29) is 6.04 Å². The van der Waals surface area contributed by atoms with E-state index in [1.807, 2.05) is 29.2 Å². The summed E-state index contributed by atoms with van der Waals surface area (Å²) in [4.78, 5) is 6.30. The van der Waals surface area contributed by atoms with Gasteiger partial charge in [-0.2, -0.15) is 0 Å². The van der Waals surface area contributed by atoms with Gasteiger partial charge in [-0.15, -0.1) is 6.58 Å². The molecule has 3 nitrogen and oxygen atoms in total. The molecule has 0 bridgehead atoms. The predicted molar refractivity (Wildman–Crippen MR) is 75.3 cm³/mol. The minimum Gasteiger partial charge on any atom is -0.370 e. The highest BCUT2D eigenvalue weighted by molar-refractivity contribution is 9.10. The van der Waals surface area contributed by atoms with Crippen molar-refractivity contribution in [2.75, 3.05) is 13.1 Å². The molecule has 1 aliphatic rings. The highest BCUT2D eigenvalue weighted by Crippen LogP contribution is 2.30. The van der Waals surface area contributed by atoms with Crippen molar-refractivity contribution in [2.24, 2.45) is 10.7 Å². The fraction of sp³-hybridized carbons (Fsp3) is 0.250. The van der Waals surface area contributed by atoms with Gasteiger partial charge in [0.05, 0.1) is 17.6 Å². The zero-order chi connectivity index (χ0) is 12.4. The number of aliphatic imine (C=N–C) groups is 1. The summed E-state index contributed by atoms with van der Waals surface area (Å²) < 4.78 is 0.890. The maximum absolute atomic E-state index is 5.98. The first kappa shape index (κ1) is 12.5. The number of halogens is 2. The normalized spacial score (nSPS) is 19.3. The van der Waals surface area contributed by atoms with Crippen LogP contribution in [0.1, 0.15) is 11.6 Å². The van der Waals surface area contributed by atoms with E-state index in [1.165, 1.54) is 0 Å². The Labute approximate surface area is 114 Å². The summed E-state index contributed by atoms with van der Waals surface area (Å²) in [5.74, 6) is 0.570. The fourth-order valence-electron chi connectivity index (χ4n) is 1.89. The predicted octanol–water partition coefficient (Wildman–Crippen LogP) is 2.96. The van der Waals surface area contributed by atoms with Crippen LogP contribution in [0.3, 0.4) is 0 Å². The van der Waals surface area contributed by atoms with Crippen molar-refractivity contribution in [1.82, 2.24) is 4.90 Å². The van der Waals surface area contributed by atoms with Crippen LogP contribution in [-0.2, 0) is 0 Å². The summed E-state index contributed by atoms with van der Waals surface area (Å²) in [5.41, 5.74) is 7.00. The van der Waals surface area contributed by atoms with Gasteiger partial charge in [-0.05, 0) is 33.6 Å². The van der Waals surface area contributed by atoms with Gasteiger partial charge in [-0.1, -0.05) is 23.7 Å². The van der Waals surface area contributed by atoms with Crippen LogP contribution in [0.25, 0.3) is 0 Å². The number of nitrogens with zero attached hydrogens (tertiary/aromatic N) is 2. The van der Waals surface area contributed by atoms with Gasteiger partial charge in [0.1, 0.15) is 0 Å². The number of benzene rings is 1. The Morgan fingerprint density at radius 2 is 2.41 bits per heavy atom. The average Bonchev–Trinajstić information content (AvgIpc) is 2.66. The molecule has 17 heavy (non-hydrogen) atoms. The Bertz CT molecular complexity index is 473. The number of guanidine groups is 1. The maximum atomic E-state index is 5.98. The topological polar surface area (TPSA) is 41.6 Å². The molecule has 1 atom stereocenters. The third-order valence-electron chi connectivity index (χ3n) is 2.75. The lowest BCUT2D eigenvalue weighted by atomic mass is 10.1. The van der Waals surface area contributed by atoms with Gasteiger partial charge in [-0.25, -0.2) is 0 Å². The van der Waals surface area contributed by atoms with Crippen molar-refractivity contribution in [2.45, 2.75) is 6.04 Å². The van der Waals surface area contributed by atoms with Gasteiger partial charge >= 0.3 is 0 Å². The smallest absolute Gasteiger partial charge is 0.192 e. The summed E-state index contributed by atoms with van der Waals surface area (Å²) >= 11 is 9.41. The van der Waals surface area contributed by atoms with Crippen molar-refractivity contribution in [3.63, 3.8) is 0 Å². The third kappa shape index (κ3) is 2.48. The van der Waals surface area contributed by atoms with Crippen LogP contribution in [0.5, 0.6) is 0 Å². The number of nitrogens with two attached hydrogens (primary N) is 1. The molecule has 2 N–H and O–H groups in total. The lowest BCUT2D eigenvalue weighted by Crippen LogP contribution is -2.36. The lowest BCUT2D eigenvalue weighted by Gasteiger charge is -2.25. The molecule has 1 unspecified atom stereocenters. The van der Waals surface area contributed by atoms with Gasteiger partial charge in [0.15, 0.2) is 5.96 Å². The molecule has 0 radical (unpaired) electrons. The van der Waals surface area contributed by atoms with E-state index in [9.17, 15) is 0 Å². The number of rotatable bonds is 3. The Kier molecular flexibility index (Phi) is 3.74. The van der Waals surface area contributed by atoms with E-state index in [4.69, 9.17) is 17.3 Å². The summed E-state index contributed by atoms with van der Waals surface area (Å²) in [6.07, 6.45) is 1.83. The first-order chi connectivity index (χ1) is 8.13. The number of hydrogen-bond donors (Lipinski definition) is 1. The minimum atomic E-state index is 0.168. The van der Waals surface area contributed by atoms with Crippen molar-refractivity contribution < 1.29 is 0 Å². The largest absolute Gasteiger partial charge is 0.370 e. The highest BCUT2D eigenvalue weighted by Gasteiger charge is 2.26. The van der Waals surface area contributed by atoms with Crippen LogP contribution < -0.4 is 5.73 Å². The molecular formula is C12H13BrClN3. The van der Waals surface area contributed by atoms with Crippen LogP contribution in [0.4, 0.5) is 0 Å². The van der Waals surface area contributed by atoms with Crippen LogP contribution in [-0.4, -0.2) is 23.9 Å². The quantitative estimate of drug-likeness (QED) is 0.872. The molecule has 0 aliphatic carbocycles. The van der Waals surface area contributed by atoms with Crippen LogP contribution in [0.15, 0.2) is 40.3 Å². The van der Waals surface area contributed by atoms with Gasteiger partial charge < -0.3 is 10.6 Å². The average molecular weight is 315 g/mol. The van der Waals surface area contributed by atoms with Crippen molar-refractivity contribution in [1.29, 1.82) is 0 Å². The van der Waals surface area contributed by atoms with Crippen molar-refractivity contribution in [3.8, 4) is 0 Å². The highest BCUT2D eigenvalue weighted by atomic mass is 79.9. The van der Waals surface area contributed by atoms with Gasteiger partial charge in [0, 0.05) is 11.0 Å². The Balaban J connectivity index is 2.27. The van der Waals surface area contributed by atoms with E-state index in [1.54, 1.807) is 0 Å². The first-order valence-electron chi connectivity index (χ1n) is 5.26. The van der Waals surface area contributed by atoms with Crippen LogP contribution >= 0.6 is 27.5 Å². The molecule has 90 valence electrons. The summed E-state index contributed by atoms with van der Waals surface area (Å²) in [5, 5.41) is 0.705. The summed E-state index contributed by atoms with van der Waals surface area (Å²) in [6, 6.07) is 6.06. The molecule has 0 spiro atoms. The number of hydrogen-bond acceptors (Lipinski definition) is 3. The van der Waals surface area contributed by atoms with E-state index >= 15 is 0 Å². The molecule has 0 aromatic heterocycles. The second kappa shape index (κ2) is 5.10. The van der Waals surface area contributed by atoms with Crippen molar-refractivity contribution in [3.05, 3.63) is 45.9 Å². The molecule has 1 aliphatic heterocycles. The Morgan fingerprint density at radius 1 is 1.65 bits per heavy atom. The summed E-state index contributed by atoms with van der Waals surface area (Å²) in [6.45, 7) is 5.10. The van der Waals surface area contributed by atoms with E-state index < -0.39 is 0 Å². The molecule has 2 rings (SSSR count). The van der Waals surface area contributed by atoms with Crippen LogP contribution in [0, 0.1) is 0 Å². The first-order valence-corrected chi connectivity index (χ1v) is 6.43. The second-order valence-electron chi connectivity index (χ2n) is 3.83. The molecule has 5 heteroatoms. The zero-order valence-electron chi connectivity index (χ0n) is 9.24. The van der Waals surface area contributed by atoms with Crippen molar-refractivity contribution >= 4 is 33.5 Å². The fourth-order valence-corrected chi connectivity index (χ4v) is 2.41. The third-order valence-corrected chi connectivity index (χ3v) is 3.96. The molecule has 1 heterocycles. The SMILES string of the molecule is C=CCN1C(N)=NCC1c1ccc(Cl)c(Br)c1. The molecule has 1 aromatic carbocycles. The minimum absolute atomic E-state index is 0.168. The monoisotopic (exact) mass is 313 g/mol. The van der Waals surface area contributed by atoms with Gasteiger partial charge in [-0.3, -0.25) is 4.99 Å². The lowest BCUT2D eigenvalue weighted by molar-refractivity contribution is 0.380. The van der Waals surface area contributed by atoms with E-state index in [0.29, 0.717) is 24.1 Å². The van der Waals surface area contributed by atoms with E-state index in [2.05, 4.69) is 27.5 Å².